The third kappa shape index (κ3) is 4.95. The Morgan fingerprint density at radius 3 is 2.59 bits per heavy atom. The van der Waals surface area contributed by atoms with Crippen LogP contribution in [-0.2, 0) is 30.8 Å². The monoisotopic (exact) mass is 416 g/mol. The zero-order valence-electron chi connectivity index (χ0n) is 16.3. The number of ether oxygens (including phenoxy) is 1. The molecule has 7 nitrogen and oxygen atoms in total. The van der Waals surface area contributed by atoms with Gasteiger partial charge < -0.3 is 10.1 Å². The van der Waals surface area contributed by atoms with Gasteiger partial charge in [-0.15, -0.1) is 0 Å². The number of carbonyl (C=O) groups excluding carboxylic acids is 2. The number of rotatable bonds is 7. The highest BCUT2D eigenvalue weighted by molar-refractivity contribution is 7.92. The fourth-order valence-electron chi connectivity index (χ4n) is 3.26. The Balaban J connectivity index is 1.79. The van der Waals surface area contributed by atoms with Gasteiger partial charge in [-0.05, 0) is 49.6 Å². The first-order valence-electron chi connectivity index (χ1n) is 9.58. The summed E-state index contributed by atoms with van der Waals surface area (Å²) in [5, 5.41) is 2.73. The van der Waals surface area contributed by atoms with Crippen molar-refractivity contribution in [3.63, 3.8) is 0 Å². The highest BCUT2D eigenvalue weighted by atomic mass is 32.2. The van der Waals surface area contributed by atoms with Crippen molar-refractivity contribution in [3.05, 3.63) is 54.1 Å². The maximum Gasteiger partial charge on any atom is 0.306 e. The van der Waals surface area contributed by atoms with Gasteiger partial charge in [-0.2, -0.15) is 0 Å². The molecule has 0 spiro atoms. The first-order valence-corrected chi connectivity index (χ1v) is 11.0. The molecular formula is C21H24N2O5S. The van der Waals surface area contributed by atoms with E-state index in [0.717, 1.165) is 18.4 Å². The van der Waals surface area contributed by atoms with Crippen LogP contribution in [0, 0.1) is 0 Å². The highest BCUT2D eigenvalue weighted by Crippen LogP contribution is 2.34. The zero-order chi connectivity index (χ0) is 20.9. The lowest BCUT2D eigenvalue weighted by molar-refractivity contribution is -0.144. The number of sulfonamides is 1. The number of hydrogen-bond donors (Lipinski definition) is 1. The molecule has 0 aliphatic carbocycles. The predicted molar refractivity (Wildman–Crippen MR) is 110 cm³/mol. The summed E-state index contributed by atoms with van der Waals surface area (Å²) >= 11 is 0. The van der Waals surface area contributed by atoms with Gasteiger partial charge in [0.15, 0.2) is 0 Å². The molecule has 1 N–H and O–H groups in total. The molecule has 1 heterocycles. The number of nitrogens with zero attached hydrogens (tertiary/aromatic N) is 1. The van der Waals surface area contributed by atoms with Crippen LogP contribution in [0.2, 0.25) is 0 Å². The number of aryl methyl sites for hydroxylation is 1. The normalized spacial score (nSPS) is 13.5. The van der Waals surface area contributed by atoms with Gasteiger partial charge >= 0.3 is 5.97 Å². The first-order chi connectivity index (χ1) is 13.9. The van der Waals surface area contributed by atoms with Crippen molar-refractivity contribution in [1.82, 2.24) is 0 Å². The van der Waals surface area contributed by atoms with Crippen LogP contribution in [0.15, 0.2) is 53.4 Å². The van der Waals surface area contributed by atoms with E-state index in [0.29, 0.717) is 17.9 Å². The number of amides is 1. The van der Waals surface area contributed by atoms with Crippen LogP contribution in [0.1, 0.15) is 31.7 Å². The smallest absolute Gasteiger partial charge is 0.306 e. The molecule has 0 atom stereocenters. The van der Waals surface area contributed by atoms with Crippen molar-refractivity contribution in [2.75, 3.05) is 22.8 Å². The summed E-state index contributed by atoms with van der Waals surface area (Å²) in [7, 11) is -3.69. The molecule has 0 saturated heterocycles. The summed E-state index contributed by atoms with van der Waals surface area (Å²) in [5.41, 5.74) is 1.98. The lowest BCUT2D eigenvalue weighted by Crippen LogP contribution is -2.35. The zero-order valence-corrected chi connectivity index (χ0v) is 17.1. The quantitative estimate of drug-likeness (QED) is 0.700. The van der Waals surface area contributed by atoms with Crippen LogP contribution in [0.3, 0.4) is 0 Å². The summed E-state index contributed by atoms with van der Waals surface area (Å²) in [6.45, 7) is 2.36. The van der Waals surface area contributed by atoms with E-state index in [-0.39, 0.29) is 30.3 Å². The molecule has 0 aromatic heterocycles. The molecule has 29 heavy (non-hydrogen) atoms. The van der Waals surface area contributed by atoms with Crippen LogP contribution in [0.25, 0.3) is 0 Å². The second-order valence-corrected chi connectivity index (χ2v) is 8.55. The molecule has 1 amide bonds. The van der Waals surface area contributed by atoms with Crippen molar-refractivity contribution in [3.8, 4) is 0 Å². The third-order valence-electron chi connectivity index (χ3n) is 4.64. The van der Waals surface area contributed by atoms with E-state index >= 15 is 0 Å². The summed E-state index contributed by atoms with van der Waals surface area (Å²) in [6, 6.07) is 13.6. The molecular weight excluding hydrogens is 392 g/mol. The SMILES string of the molecule is CCOC(=O)CCC(=O)Nc1ccc2c(c1)N(S(=O)(=O)c1ccccc1)CCC2. The topological polar surface area (TPSA) is 92.8 Å². The van der Waals surface area contributed by atoms with Crippen LogP contribution in [-0.4, -0.2) is 33.4 Å². The van der Waals surface area contributed by atoms with Crippen LogP contribution >= 0.6 is 0 Å². The van der Waals surface area contributed by atoms with Gasteiger partial charge in [0.2, 0.25) is 5.91 Å². The second kappa shape index (κ2) is 9.09. The molecule has 0 radical (unpaired) electrons. The Morgan fingerprint density at radius 2 is 1.86 bits per heavy atom. The summed E-state index contributed by atoms with van der Waals surface area (Å²) in [4.78, 5) is 23.8. The number of esters is 1. The lowest BCUT2D eigenvalue weighted by atomic mass is 10.0. The van der Waals surface area contributed by atoms with Crippen LogP contribution in [0.4, 0.5) is 11.4 Å². The predicted octanol–water partition coefficient (Wildman–Crippen LogP) is 3.11. The molecule has 1 aliphatic heterocycles. The van der Waals surface area contributed by atoms with Gasteiger partial charge in [0, 0.05) is 18.7 Å². The first kappa shape index (κ1) is 20.9. The standard InChI is InChI=1S/C21H24N2O5S/c1-2-28-21(25)13-12-20(24)22-17-11-10-16-7-6-14-23(19(16)15-17)29(26,27)18-8-4-3-5-9-18/h3-5,8-11,15H,2,6-7,12-14H2,1H3,(H,22,24). The van der Waals surface area contributed by atoms with E-state index in [1.807, 2.05) is 6.07 Å². The molecule has 0 bridgehead atoms. The summed E-state index contributed by atoms with van der Waals surface area (Å²) < 4.78 is 32.4. The fourth-order valence-corrected chi connectivity index (χ4v) is 4.81. The van der Waals surface area contributed by atoms with E-state index in [1.54, 1.807) is 49.4 Å². The van der Waals surface area contributed by atoms with Crippen molar-refractivity contribution < 1.29 is 22.7 Å². The van der Waals surface area contributed by atoms with Gasteiger partial charge in [0.05, 0.1) is 23.6 Å². The number of benzene rings is 2. The molecule has 3 rings (SSSR count). The molecule has 8 heteroatoms. The largest absolute Gasteiger partial charge is 0.466 e. The average Bonchev–Trinajstić information content (AvgIpc) is 2.72. The molecule has 2 aromatic rings. The molecule has 0 unspecified atom stereocenters. The second-order valence-electron chi connectivity index (χ2n) is 6.69. The molecule has 2 aromatic carbocycles. The van der Waals surface area contributed by atoms with E-state index in [2.05, 4.69) is 5.32 Å². The summed E-state index contributed by atoms with van der Waals surface area (Å²) in [5.74, 6) is -0.750. The van der Waals surface area contributed by atoms with Crippen molar-refractivity contribution in [2.24, 2.45) is 0 Å². The fraction of sp³-hybridized carbons (Fsp3) is 0.333. The maximum absolute atomic E-state index is 13.1. The lowest BCUT2D eigenvalue weighted by Gasteiger charge is -2.31. The average molecular weight is 416 g/mol. The Morgan fingerprint density at radius 1 is 1.10 bits per heavy atom. The Labute approximate surface area is 170 Å². The van der Waals surface area contributed by atoms with Crippen molar-refractivity contribution in [1.29, 1.82) is 0 Å². The molecule has 1 aliphatic rings. The van der Waals surface area contributed by atoms with Gasteiger partial charge in [-0.1, -0.05) is 24.3 Å². The molecule has 0 saturated carbocycles. The van der Waals surface area contributed by atoms with E-state index in [4.69, 9.17) is 4.74 Å². The van der Waals surface area contributed by atoms with E-state index < -0.39 is 16.0 Å². The van der Waals surface area contributed by atoms with Gasteiger partial charge in [0.1, 0.15) is 0 Å². The molecule has 154 valence electrons. The number of carbonyl (C=O) groups is 2. The van der Waals surface area contributed by atoms with Gasteiger partial charge in [0.25, 0.3) is 10.0 Å². The Bertz CT molecular complexity index is 989. The van der Waals surface area contributed by atoms with E-state index in [9.17, 15) is 18.0 Å². The minimum Gasteiger partial charge on any atom is -0.466 e. The minimum absolute atomic E-state index is 0.000868. The number of anilines is 2. The van der Waals surface area contributed by atoms with Crippen LogP contribution in [0.5, 0.6) is 0 Å². The third-order valence-corrected chi connectivity index (χ3v) is 6.47. The highest BCUT2D eigenvalue weighted by Gasteiger charge is 2.29. The Hall–Kier alpha value is -2.87. The Kier molecular flexibility index (Phi) is 6.53. The van der Waals surface area contributed by atoms with Gasteiger partial charge in [-0.25, -0.2) is 8.42 Å². The number of nitrogens with one attached hydrogen (secondary N) is 1. The number of hydrogen-bond acceptors (Lipinski definition) is 5. The summed E-state index contributed by atoms with van der Waals surface area (Å²) in [6.07, 6.45) is 1.50. The van der Waals surface area contributed by atoms with Crippen LogP contribution < -0.4 is 9.62 Å². The molecule has 0 fully saturated rings. The maximum atomic E-state index is 13.1. The van der Waals surface area contributed by atoms with Gasteiger partial charge in [-0.3, -0.25) is 13.9 Å². The van der Waals surface area contributed by atoms with Crippen molar-refractivity contribution in [2.45, 2.75) is 37.5 Å². The number of fused-ring (bicyclic) bond motifs is 1. The van der Waals surface area contributed by atoms with E-state index in [1.165, 1.54) is 4.31 Å². The minimum atomic E-state index is -3.69. The van der Waals surface area contributed by atoms with Crippen molar-refractivity contribution >= 4 is 33.3 Å².